The SMILES string of the molecule is COC(=O)c1cccc(COc2cccc(-c3ccc(COC(c4ccccc4)(c4ccc(OC)cc4)c4ccc(OC)cc4)cn3)c2)c1. The Bertz CT molecular complexity index is 1930. The van der Waals surface area contributed by atoms with Gasteiger partial charge in [0.15, 0.2) is 0 Å². The standard InChI is InChI=1S/C42H37NO6/c1-45-37-20-16-35(17-21-37)42(34-12-5-4-6-13-34,36-18-22-38(46-2)23-19-36)49-29-31-15-24-40(43-27-31)32-10-8-14-39(26-32)48-28-30-9-7-11-33(25-30)41(44)47-3/h4-27H,28-29H2,1-3H3. The molecular weight excluding hydrogens is 614 g/mol. The van der Waals surface area contributed by atoms with Crippen molar-refractivity contribution >= 4 is 5.97 Å². The van der Waals surface area contributed by atoms with Crippen LogP contribution in [0.1, 0.15) is 38.2 Å². The van der Waals surface area contributed by atoms with Crippen molar-refractivity contribution in [2.24, 2.45) is 0 Å². The van der Waals surface area contributed by atoms with Gasteiger partial charge in [-0.15, -0.1) is 0 Å². The molecule has 0 aliphatic heterocycles. The molecule has 0 radical (unpaired) electrons. The lowest BCUT2D eigenvalue weighted by Gasteiger charge is -2.36. The molecule has 49 heavy (non-hydrogen) atoms. The van der Waals surface area contributed by atoms with Gasteiger partial charge in [-0.2, -0.15) is 0 Å². The van der Waals surface area contributed by atoms with Crippen molar-refractivity contribution in [2.45, 2.75) is 18.8 Å². The summed E-state index contributed by atoms with van der Waals surface area (Å²) >= 11 is 0. The van der Waals surface area contributed by atoms with Crippen molar-refractivity contribution in [1.82, 2.24) is 4.98 Å². The van der Waals surface area contributed by atoms with Crippen molar-refractivity contribution in [3.63, 3.8) is 0 Å². The van der Waals surface area contributed by atoms with E-state index in [9.17, 15) is 4.79 Å². The van der Waals surface area contributed by atoms with E-state index in [2.05, 4.69) is 12.1 Å². The van der Waals surface area contributed by atoms with Crippen LogP contribution in [-0.2, 0) is 28.3 Å². The zero-order chi connectivity index (χ0) is 34.1. The molecular formula is C42H37NO6. The number of carbonyl (C=O) groups excluding carboxylic acids is 1. The maximum absolute atomic E-state index is 11.9. The molecule has 6 aromatic rings. The average molecular weight is 652 g/mol. The van der Waals surface area contributed by atoms with Crippen LogP contribution >= 0.6 is 0 Å². The van der Waals surface area contributed by atoms with E-state index >= 15 is 0 Å². The van der Waals surface area contributed by atoms with Gasteiger partial charge in [-0.05, 0) is 82.4 Å². The maximum Gasteiger partial charge on any atom is 0.337 e. The first-order chi connectivity index (χ1) is 24.0. The van der Waals surface area contributed by atoms with Crippen LogP contribution in [0.4, 0.5) is 0 Å². The van der Waals surface area contributed by atoms with E-state index in [0.717, 1.165) is 50.6 Å². The van der Waals surface area contributed by atoms with Crippen LogP contribution in [0, 0.1) is 0 Å². The van der Waals surface area contributed by atoms with Crippen LogP contribution in [0.15, 0.2) is 146 Å². The Morgan fingerprint density at radius 2 is 1.24 bits per heavy atom. The molecule has 0 saturated carbocycles. The second kappa shape index (κ2) is 15.3. The lowest BCUT2D eigenvalue weighted by Crippen LogP contribution is -2.32. The number of hydrogen-bond donors (Lipinski definition) is 0. The summed E-state index contributed by atoms with van der Waals surface area (Å²) in [5.41, 5.74) is 5.98. The number of pyridine rings is 1. The van der Waals surface area contributed by atoms with Crippen molar-refractivity contribution in [2.75, 3.05) is 21.3 Å². The van der Waals surface area contributed by atoms with Crippen LogP contribution in [-0.4, -0.2) is 32.3 Å². The van der Waals surface area contributed by atoms with Gasteiger partial charge in [0.25, 0.3) is 0 Å². The van der Waals surface area contributed by atoms with Gasteiger partial charge in [-0.3, -0.25) is 4.98 Å². The summed E-state index contributed by atoms with van der Waals surface area (Å²) in [7, 11) is 4.69. The number of aromatic nitrogens is 1. The van der Waals surface area contributed by atoms with Crippen LogP contribution in [0.25, 0.3) is 11.3 Å². The van der Waals surface area contributed by atoms with Gasteiger partial charge in [0.2, 0.25) is 0 Å². The molecule has 7 nitrogen and oxygen atoms in total. The molecule has 0 amide bonds. The van der Waals surface area contributed by atoms with Crippen LogP contribution in [0.5, 0.6) is 17.2 Å². The molecule has 6 rings (SSSR count). The molecule has 0 aliphatic rings. The molecule has 246 valence electrons. The largest absolute Gasteiger partial charge is 0.497 e. The fourth-order valence-electron chi connectivity index (χ4n) is 5.76. The molecule has 0 bridgehead atoms. The zero-order valence-corrected chi connectivity index (χ0v) is 27.7. The van der Waals surface area contributed by atoms with Gasteiger partial charge in [0.1, 0.15) is 29.5 Å². The van der Waals surface area contributed by atoms with Crippen LogP contribution in [0.2, 0.25) is 0 Å². The first kappa shape index (κ1) is 33.0. The number of esters is 1. The average Bonchev–Trinajstić information content (AvgIpc) is 3.18. The molecule has 0 atom stereocenters. The number of ether oxygens (including phenoxy) is 5. The minimum atomic E-state index is -0.930. The van der Waals surface area contributed by atoms with Crippen molar-refractivity contribution in [1.29, 1.82) is 0 Å². The summed E-state index contributed by atoms with van der Waals surface area (Å²) < 4.78 is 28.9. The van der Waals surface area contributed by atoms with Crippen LogP contribution in [0.3, 0.4) is 0 Å². The fourth-order valence-corrected chi connectivity index (χ4v) is 5.76. The number of rotatable bonds is 13. The van der Waals surface area contributed by atoms with Gasteiger partial charge in [0, 0.05) is 11.8 Å². The highest BCUT2D eigenvalue weighted by atomic mass is 16.5. The van der Waals surface area contributed by atoms with E-state index in [1.54, 1.807) is 26.4 Å². The predicted octanol–water partition coefficient (Wildman–Crippen LogP) is 8.64. The maximum atomic E-state index is 11.9. The van der Waals surface area contributed by atoms with E-state index < -0.39 is 5.60 Å². The molecule has 0 unspecified atom stereocenters. The fraction of sp³-hybridized carbons (Fsp3) is 0.143. The van der Waals surface area contributed by atoms with Crippen molar-refractivity contribution in [3.05, 3.63) is 179 Å². The number of hydrogen-bond acceptors (Lipinski definition) is 7. The van der Waals surface area contributed by atoms with Gasteiger partial charge in [0.05, 0.1) is 39.2 Å². The van der Waals surface area contributed by atoms with Gasteiger partial charge < -0.3 is 23.7 Å². The Morgan fingerprint density at radius 1 is 0.592 bits per heavy atom. The smallest absolute Gasteiger partial charge is 0.337 e. The molecule has 1 aromatic heterocycles. The quantitative estimate of drug-likeness (QED) is 0.0914. The molecule has 0 spiro atoms. The number of methoxy groups -OCH3 is 3. The minimum Gasteiger partial charge on any atom is -0.497 e. The normalized spacial score (nSPS) is 11.1. The summed E-state index contributed by atoms with van der Waals surface area (Å²) in [4.78, 5) is 16.7. The van der Waals surface area contributed by atoms with Gasteiger partial charge >= 0.3 is 5.97 Å². The molecule has 0 aliphatic carbocycles. The van der Waals surface area contributed by atoms with E-state index in [1.807, 2.05) is 121 Å². The van der Waals surface area contributed by atoms with E-state index in [0.29, 0.717) is 24.5 Å². The number of benzene rings is 5. The first-order valence-corrected chi connectivity index (χ1v) is 15.9. The van der Waals surface area contributed by atoms with Crippen molar-refractivity contribution < 1.29 is 28.5 Å². The monoisotopic (exact) mass is 651 g/mol. The third kappa shape index (κ3) is 7.48. The Morgan fingerprint density at radius 3 is 1.86 bits per heavy atom. The summed E-state index contributed by atoms with van der Waals surface area (Å²) in [5.74, 6) is 1.85. The zero-order valence-electron chi connectivity index (χ0n) is 27.7. The third-order valence-electron chi connectivity index (χ3n) is 8.34. The van der Waals surface area contributed by atoms with Crippen LogP contribution < -0.4 is 14.2 Å². The lowest BCUT2D eigenvalue weighted by molar-refractivity contribution is 0.0000772. The van der Waals surface area contributed by atoms with Gasteiger partial charge in [-0.25, -0.2) is 4.79 Å². The highest BCUT2D eigenvalue weighted by Crippen LogP contribution is 2.42. The Kier molecular flexibility index (Phi) is 10.3. The summed E-state index contributed by atoms with van der Waals surface area (Å²) in [6.45, 7) is 0.609. The Labute approximate surface area is 286 Å². The molecule has 5 aromatic carbocycles. The highest BCUT2D eigenvalue weighted by Gasteiger charge is 2.38. The Balaban J connectivity index is 1.24. The second-order valence-corrected chi connectivity index (χ2v) is 11.4. The predicted molar refractivity (Wildman–Crippen MR) is 189 cm³/mol. The highest BCUT2D eigenvalue weighted by molar-refractivity contribution is 5.89. The molecule has 0 fully saturated rings. The second-order valence-electron chi connectivity index (χ2n) is 11.4. The molecule has 1 heterocycles. The van der Waals surface area contributed by atoms with E-state index in [4.69, 9.17) is 28.7 Å². The lowest BCUT2D eigenvalue weighted by atomic mass is 9.80. The summed E-state index contributed by atoms with van der Waals surface area (Å²) in [6.07, 6.45) is 1.85. The topological polar surface area (TPSA) is 76.1 Å². The molecule has 0 N–H and O–H groups in total. The minimum absolute atomic E-state index is 0.300. The van der Waals surface area contributed by atoms with E-state index in [-0.39, 0.29) is 5.97 Å². The molecule has 7 heteroatoms. The molecule has 0 saturated heterocycles. The first-order valence-electron chi connectivity index (χ1n) is 15.9. The van der Waals surface area contributed by atoms with E-state index in [1.165, 1.54) is 7.11 Å². The number of nitrogens with zero attached hydrogens (tertiary/aromatic N) is 1. The van der Waals surface area contributed by atoms with Crippen molar-refractivity contribution in [3.8, 4) is 28.5 Å². The summed E-state index contributed by atoms with van der Waals surface area (Å²) in [5, 5.41) is 0. The van der Waals surface area contributed by atoms with Gasteiger partial charge in [-0.1, -0.05) is 84.9 Å². The third-order valence-corrected chi connectivity index (χ3v) is 8.34. The Hall–Kier alpha value is -5.92. The number of carbonyl (C=O) groups is 1. The summed E-state index contributed by atoms with van der Waals surface area (Å²) in [6, 6.07) is 45.2.